The molecule has 0 heterocycles. The number of ketones is 2. The molecule has 0 bridgehead atoms. The second kappa shape index (κ2) is 12.2. The molecule has 3 aliphatic rings. The molecule has 1 saturated carbocycles. The van der Waals surface area contributed by atoms with Crippen LogP contribution in [-0.2, 0) is 25.6 Å². The number of benzene rings is 1. The smallest absolute Gasteiger partial charge is 0.255 e. The van der Waals surface area contributed by atoms with Crippen LogP contribution in [0.5, 0.6) is 5.75 Å². The van der Waals surface area contributed by atoms with E-state index in [0.717, 1.165) is 19.3 Å². The third-order valence-electron chi connectivity index (χ3n) is 8.11. The lowest BCUT2D eigenvalue weighted by Gasteiger charge is -2.50. The number of fused-ring (bicyclic) bond motifs is 3. The van der Waals surface area contributed by atoms with E-state index in [-0.39, 0.29) is 48.6 Å². The highest BCUT2D eigenvalue weighted by atomic mass is 35.5. The molecule has 2 unspecified atom stereocenters. The zero-order chi connectivity index (χ0) is 29.5. The monoisotopic (exact) mass is 592 g/mol. The number of carbonyl (C=O) groups excluding carboxylic acids is 4. The molecule has 13 heteroatoms. The standard InChI is InChI=1S/C28H36N4O8.ClH/c1-4-5-6-9-30-12-17(33)31-16-8-7-13-10-14-11-15-21(32(2)3)24(36)20(27(29)39)26(38)28(15,40)25(37)19(14)23(35)18(13)22(16)34;/h7-8,14-15,21,30,34-35,38,40H,4-6,9-12H2,1-3H3,(H2,29,39)(H,31,33);1H/t14?,15?,21-,28-;/m0./s1. The van der Waals surface area contributed by atoms with Crippen molar-refractivity contribution in [3.8, 4) is 5.75 Å². The van der Waals surface area contributed by atoms with Gasteiger partial charge in [-0.2, -0.15) is 0 Å². The summed E-state index contributed by atoms with van der Waals surface area (Å²) >= 11 is 0. The number of primary amides is 1. The number of phenols is 1. The van der Waals surface area contributed by atoms with Crippen LogP contribution in [0.3, 0.4) is 0 Å². The summed E-state index contributed by atoms with van der Waals surface area (Å²) in [7, 11) is 3.09. The highest BCUT2D eigenvalue weighted by Gasteiger charge is 2.64. The normalized spacial score (nSPS) is 25.3. The van der Waals surface area contributed by atoms with Crippen LogP contribution >= 0.6 is 12.4 Å². The highest BCUT2D eigenvalue weighted by molar-refractivity contribution is 6.24. The van der Waals surface area contributed by atoms with Gasteiger partial charge in [-0.15, -0.1) is 12.4 Å². The Hall–Kier alpha value is -3.45. The van der Waals surface area contributed by atoms with Gasteiger partial charge in [0, 0.05) is 11.5 Å². The van der Waals surface area contributed by atoms with E-state index in [1.54, 1.807) is 20.2 Å². The van der Waals surface area contributed by atoms with Crippen LogP contribution in [0.2, 0.25) is 0 Å². The van der Waals surface area contributed by atoms with Gasteiger partial charge in [-0.25, -0.2) is 0 Å². The molecule has 0 spiro atoms. The molecule has 41 heavy (non-hydrogen) atoms. The Kier molecular flexibility index (Phi) is 9.54. The molecule has 0 saturated heterocycles. The lowest BCUT2D eigenvalue weighted by molar-refractivity contribution is -0.153. The molecule has 1 aromatic rings. The molecule has 4 atom stereocenters. The number of anilines is 1. The first-order chi connectivity index (χ1) is 18.9. The van der Waals surface area contributed by atoms with E-state index in [9.17, 15) is 39.6 Å². The lowest BCUT2D eigenvalue weighted by atomic mass is 9.57. The van der Waals surface area contributed by atoms with Crippen molar-refractivity contribution in [3.05, 3.63) is 40.2 Å². The van der Waals surface area contributed by atoms with Gasteiger partial charge in [-0.3, -0.25) is 24.1 Å². The zero-order valence-corrected chi connectivity index (χ0v) is 24.0. The van der Waals surface area contributed by atoms with Crippen LogP contribution in [0.4, 0.5) is 5.69 Å². The predicted octanol–water partition coefficient (Wildman–Crippen LogP) is 1.10. The fourth-order valence-corrected chi connectivity index (χ4v) is 6.22. The zero-order valence-electron chi connectivity index (χ0n) is 23.2. The van der Waals surface area contributed by atoms with Crippen molar-refractivity contribution in [2.75, 3.05) is 32.5 Å². The summed E-state index contributed by atoms with van der Waals surface area (Å²) in [5.41, 5.74) is 1.97. The maximum absolute atomic E-state index is 13.9. The molecule has 3 aliphatic carbocycles. The summed E-state index contributed by atoms with van der Waals surface area (Å²) in [6, 6.07) is 1.98. The van der Waals surface area contributed by atoms with Gasteiger partial charge in [0.2, 0.25) is 11.7 Å². The Morgan fingerprint density at radius 3 is 2.44 bits per heavy atom. The van der Waals surface area contributed by atoms with Crippen molar-refractivity contribution in [2.24, 2.45) is 17.6 Å². The van der Waals surface area contributed by atoms with Crippen molar-refractivity contribution in [1.82, 2.24) is 10.2 Å². The lowest BCUT2D eigenvalue weighted by Crippen LogP contribution is -2.65. The molecule has 8 N–H and O–H groups in total. The van der Waals surface area contributed by atoms with Gasteiger partial charge in [0.05, 0.1) is 23.8 Å². The average molecular weight is 593 g/mol. The molecule has 1 fully saturated rings. The summed E-state index contributed by atoms with van der Waals surface area (Å²) in [5, 5.41) is 50.4. The van der Waals surface area contributed by atoms with Crippen LogP contribution in [0.1, 0.15) is 43.7 Å². The number of aromatic hydroxyl groups is 1. The van der Waals surface area contributed by atoms with E-state index >= 15 is 0 Å². The van der Waals surface area contributed by atoms with Crippen molar-refractivity contribution in [1.29, 1.82) is 0 Å². The van der Waals surface area contributed by atoms with Gasteiger partial charge >= 0.3 is 0 Å². The number of nitrogens with one attached hydrogen (secondary N) is 2. The van der Waals surface area contributed by atoms with Crippen molar-refractivity contribution >= 4 is 47.2 Å². The van der Waals surface area contributed by atoms with E-state index in [4.69, 9.17) is 5.73 Å². The molecule has 4 rings (SSSR count). The number of Topliss-reactive ketones (excluding diaryl/α,β-unsaturated/α-hetero) is 2. The van der Waals surface area contributed by atoms with Gasteiger partial charge in [0.25, 0.3) is 5.91 Å². The number of nitrogens with two attached hydrogens (primary N) is 1. The van der Waals surface area contributed by atoms with Gasteiger partial charge in [0.15, 0.2) is 11.4 Å². The number of unbranched alkanes of at least 4 members (excludes halogenated alkanes) is 2. The quantitative estimate of drug-likeness (QED) is 0.124. The highest BCUT2D eigenvalue weighted by Crippen LogP contribution is 2.53. The maximum atomic E-state index is 13.9. The maximum Gasteiger partial charge on any atom is 0.255 e. The number of hydrogen-bond donors (Lipinski definition) is 7. The number of likely N-dealkylation sites (N-methyl/N-ethyl adjacent to an activating group) is 1. The van der Waals surface area contributed by atoms with Crippen LogP contribution in [0, 0.1) is 11.8 Å². The first-order valence-electron chi connectivity index (χ1n) is 13.4. The minimum absolute atomic E-state index is 0. The van der Waals surface area contributed by atoms with Gasteiger partial charge < -0.3 is 36.8 Å². The SMILES string of the molecule is CCCCCNCC(=O)Nc1ccc2c(c1O)C(O)=C1C(=O)[C@]3(O)C(O)=C(C(N)=O)C(=O)[C@@H](N(C)C)C3CC1C2.Cl. The summed E-state index contributed by atoms with van der Waals surface area (Å²) < 4.78 is 0. The third-order valence-corrected chi connectivity index (χ3v) is 8.11. The van der Waals surface area contributed by atoms with E-state index in [0.29, 0.717) is 12.1 Å². The Labute approximate surface area is 243 Å². The van der Waals surface area contributed by atoms with E-state index in [1.807, 2.05) is 0 Å². The number of phenolic OH excluding ortho intramolecular Hbond substituents is 1. The predicted molar refractivity (Wildman–Crippen MR) is 153 cm³/mol. The molecule has 0 aromatic heterocycles. The van der Waals surface area contributed by atoms with Crippen molar-refractivity contribution in [2.45, 2.75) is 50.7 Å². The Morgan fingerprint density at radius 1 is 1.15 bits per heavy atom. The Morgan fingerprint density at radius 2 is 1.83 bits per heavy atom. The second-order valence-corrected chi connectivity index (χ2v) is 10.9. The molecule has 1 aromatic carbocycles. The van der Waals surface area contributed by atoms with Gasteiger partial charge in [-0.1, -0.05) is 25.8 Å². The third kappa shape index (κ3) is 5.32. The van der Waals surface area contributed by atoms with Crippen LogP contribution in [0.25, 0.3) is 5.76 Å². The van der Waals surface area contributed by atoms with Crippen LogP contribution < -0.4 is 16.4 Å². The number of hydrogen-bond acceptors (Lipinski definition) is 10. The van der Waals surface area contributed by atoms with E-state index in [1.165, 1.54) is 11.0 Å². The first kappa shape index (κ1) is 32.1. The van der Waals surface area contributed by atoms with Gasteiger partial charge in [0.1, 0.15) is 22.8 Å². The van der Waals surface area contributed by atoms with Gasteiger partial charge in [-0.05, 0) is 57.5 Å². The number of rotatable bonds is 9. The topological polar surface area (TPSA) is 203 Å². The molecule has 0 aliphatic heterocycles. The minimum atomic E-state index is -2.70. The van der Waals surface area contributed by atoms with Crippen molar-refractivity contribution < 1.29 is 39.6 Å². The van der Waals surface area contributed by atoms with Crippen LogP contribution in [0.15, 0.2) is 29.0 Å². The molecule has 0 radical (unpaired) electrons. The molecular formula is C28H37ClN4O8. The number of carbonyl (C=O) groups is 4. The number of amides is 2. The summed E-state index contributed by atoms with van der Waals surface area (Å²) in [5.74, 6) is -7.58. The summed E-state index contributed by atoms with van der Waals surface area (Å²) in [4.78, 5) is 52.9. The molecule has 2 amide bonds. The van der Waals surface area contributed by atoms with Crippen molar-refractivity contribution in [3.63, 3.8) is 0 Å². The molecule has 12 nitrogen and oxygen atoms in total. The van der Waals surface area contributed by atoms with E-state index in [2.05, 4.69) is 17.6 Å². The minimum Gasteiger partial charge on any atom is -0.508 e. The first-order valence-corrected chi connectivity index (χ1v) is 13.4. The van der Waals surface area contributed by atoms with Crippen LogP contribution in [-0.4, -0.2) is 87.5 Å². The summed E-state index contributed by atoms with van der Waals surface area (Å²) in [6.45, 7) is 2.76. The largest absolute Gasteiger partial charge is 0.508 e. The Balaban J connectivity index is 0.00000462. The Bertz CT molecular complexity index is 1340. The average Bonchev–Trinajstić information content (AvgIpc) is 2.87. The number of halogens is 1. The molecular weight excluding hydrogens is 556 g/mol. The second-order valence-electron chi connectivity index (χ2n) is 10.9. The number of aliphatic hydroxyl groups excluding tert-OH is 2. The molecule has 224 valence electrons. The fourth-order valence-electron chi connectivity index (χ4n) is 6.22. The summed E-state index contributed by atoms with van der Waals surface area (Å²) in [6.07, 6.45) is 3.19. The number of aliphatic hydroxyl groups is 3. The van der Waals surface area contributed by atoms with E-state index < -0.39 is 69.7 Å². The number of nitrogens with zero attached hydrogens (tertiary/aromatic N) is 1. The fraction of sp³-hybridized carbons (Fsp3) is 0.500.